The molecule has 23 heavy (non-hydrogen) atoms. The molecule has 4 nitrogen and oxygen atoms in total. The zero-order valence-electron chi connectivity index (χ0n) is 13.9. The molecule has 0 saturated carbocycles. The first-order valence-corrected chi connectivity index (χ1v) is 9.77. The maximum absolute atomic E-state index is 12.1. The Morgan fingerprint density at radius 3 is 2.87 bits per heavy atom. The Balaban J connectivity index is 1.86. The van der Waals surface area contributed by atoms with Crippen molar-refractivity contribution in [2.75, 3.05) is 31.7 Å². The minimum Gasteiger partial charge on any atom is -0.396 e. The summed E-state index contributed by atoms with van der Waals surface area (Å²) in [5, 5.41) is 12.7. The number of hydrogen-bond acceptors (Lipinski definition) is 4. The van der Waals surface area contributed by atoms with E-state index in [0.29, 0.717) is 6.42 Å². The fourth-order valence-electron chi connectivity index (χ4n) is 3.09. The third-order valence-electron chi connectivity index (χ3n) is 4.42. The monoisotopic (exact) mass is 336 g/mol. The van der Waals surface area contributed by atoms with E-state index in [9.17, 15) is 9.90 Å². The highest BCUT2D eigenvalue weighted by Gasteiger charge is 2.29. The quantitative estimate of drug-likeness (QED) is 0.714. The molecule has 1 aliphatic rings. The number of piperidine rings is 1. The first kappa shape index (κ1) is 18.3. The van der Waals surface area contributed by atoms with Crippen molar-refractivity contribution < 1.29 is 9.90 Å². The van der Waals surface area contributed by atoms with Gasteiger partial charge in [-0.1, -0.05) is 30.3 Å². The maximum atomic E-state index is 12.1. The van der Waals surface area contributed by atoms with Gasteiger partial charge in [0.05, 0.1) is 0 Å². The van der Waals surface area contributed by atoms with Crippen molar-refractivity contribution in [1.82, 2.24) is 10.2 Å². The molecule has 1 amide bonds. The van der Waals surface area contributed by atoms with Crippen LogP contribution in [0.25, 0.3) is 0 Å². The minimum absolute atomic E-state index is 0.0549. The van der Waals surface area contributed by atoms with Crippen molar-refractivity contribution >= 4 is 17.7 Å². The molecule has 0 spiro atoms. The second kappa shape index (κ2) is 9.96. The first-order chi connectivity index (χ1) is 11.2. The lowest BCUT2D eigenvalue weighted by atomic mass is 9.91. The lowest BCUT2D eigenvalue weighted by Crippen LogP contribution is -2.53. The van der Waals surface area contributed by atoms with Crippen LogP contribution in [0.15, 0.2) is 30.3 Å². The maximum Gasteiger partial charge on any atom is 0.220 e. The summed E-state index contributed by atoms with van der Waals surface area (Å²) in [4.78, 5) is 14.5. The molecule has 128 valence electrons. The number of nitrogens with zero attached hydrogens (tertiary/aromatic N) is 1. The first-order valence-electron chi connectivity index (χ1n) is 8.38. The number of aliphatic hydroxyl groups is 1. The second-order valence-electron chi connectivity index (χ2n) is 6.22. The van der Waals surface area contributed by atoms with E-state index in [1.807, 2.05) is 6.07 Å². The van der Waals surface area contributed by atoms with Crippen molar-refractivity contribution in [1.29, 1.82) is 0 Å². The summed E-state index contributed by atoms with van der Waals surface area (Å²) >= 11 is 1.77. The van der Waals surface area contributed by atoms with Gasteiger partial charge in [-0.05, 0) is 37.0 Å². The molecule has 0 aliphatic carbocycles. The molecular weight excluding hydrogens is 308 g/mol. The van der Waals surface area contributed by atoms with E-state index in [2.05, 4.69) is 40.7 Å². The molecule has 1 aromatic carbocycles. The molecule has 1 saturated heterocycles. The second-order valence-corrected chi connectivity index (χ2v) is 7.21. The van der Waals surface area contributed by atoms with Gasteiger partial charge in [0.2, 0.25) is 5.91 Å². The van der Waals surface area contributed by atoms with Crippen molar-refractivity contribution in [2.45, 2.75) is 31.8 Å². The zero-order chi connectivity index (χ0) is 16.5. The third-order valence-corrected chi connectivity index (χ3v) is 5.12. The molecule has 0 radical (unpaired) electrons. The summed E-state index contributed by atoms with van der Waals surface area (Å²) in [6.45, 7) is 2.83. The van der Waals surface area contributed by atoms with E-state index in [-0.39, 0.29) is 24.5 Å². The van der Waals surface area contributed by atoms with E-state index in [1.165, 1.54) is 5.56 Å². The van der Waals surface area contributed by atoms with E-state index >= 15 is 0 Å². The zero-order valence-corrected chi connectivity index (χ0v) is 14.7. The number of carbonyl (C=O) groups is 1. The molecule has 0 bridgehead atoms. The third kappa shape index (κ3) is 6.16. The minimum atomic E-state index is 0.0549. The number of benzene rings is 1. The van der Waals surface area contributed by atoms with Crippen LogP contribution in [0.2, 0.25) is 0 Å². The number of carbonyl (C=O) groups excluding carboxylic acids is 1. The smallest absolute Gasteiger partial charge is 0.220 e. The van der Waals surface area contributed by atoms with Crippen LogP contribution >= 0.6 is 11.8 Å². The van der Waals surface area contributed by atoms with E-state index in [1.54, 1.807) is 11.8 Å². The molecule has 0 aromatic heterocycles. The Hall–Kier alpha value is -1.04. The molecular formula is C18H28N2O2S. The standard InChI is InChI=1S/C18H28N2O2S/c1-23-11-5-8-18(22)19-17-13-20(10-9-16(17)14-21)12-15-6-3-2-4-7-15/h2-4,6-7,16-17,21H,5,8-14H2,1H3,(H,19,22). The molecule has 5 heteroatoms. The number of aliphatic hydroxyl groups excluding tert-OH is 1. The highest BCUT2D eigenvalue weighted by Crippen LogP contribution is 2.19. The predicted molar refractivity (Wildman–Crippen MR) is 96.5 cm³/mol. The van der Waals surface area contributed by atoms with Crippen LogP contribution in [-0.2, 0) is 11.3 Å². The van der Waals surface area contributed by atoms with Crippen LogP contribution in [0.5, 0.6) is 0 Å². The number of hydrogen-bond donors (Lipinski definition) is 2. The molecule has 2 rings (SSSR count). The highest BCUT2D eigenvalue weighted by molar-refractivity contribution is 7.98. The van der Waals surface area contributed by atoms with Crippen molar-refractivity contribution in [3.63, 3.8) is 0 Å². The predicted octanol–water partition coefficient (Wildman–Crippen LogP) is 2.13. The van der Waals surface area contributed by atoms with Crippen LogP contribution in [-0.4, -0.2) is 53.7 Å². The van der Waals surface area contributed by atoms with Gasteiger partial charge in [-0.15, -0.1) is 0 Å². The molecule has 2 atom stereocenters. The van der Waals surface area contributed by atoms with Gasteiger partial charge in [-0.2, -0.15) is 11.8 Å². The van der Waals surface area contributed by atoms with Crippen LogP contribution < -0.4 is 5.32 Å². The lowest BCUT2D eigenvalue weighted by molar-refractivity contribution is -0.122. The Morgan fingerprint density at radius 1 is 1.39 bits per heavy atom. The summed E-state index contributed by atoms with van der Waals surface area (Å²) in [7, 11) is 0. The Labute approximate surface area is 143 Å². The van der Waals surface area contributed by atoms with Gasteiger partial charge in [0.25, 0.3) is 0 Å². The molecule has 2 unspecified atom stereocenters. The molecule has 1 aliphatic heterocycles. The van der Waals surface area contributed by atoms with E-state index < -0.39 is 0 Å². The van der Waals surface area contributed by atoms with Gasteiger partial charge in [0, 0.05) is 38.1 Å². The Bertz CT molecular complexity index is 469. The number of nitrogens with one attached hydrogen (secondary N) is 1. The normalized spacial score (nSPS) is 22.0. The summed E-state index contributed by atoms with van der Waals surface area (Å²) in [5.74, 6) is 1.30. The van der Waals surface area contributed by atoms with Gasteiger partial charge in [0.15, 0.2) is 0 Å². The van der Waals surface area contributed by atoms with E-state index in [0.717, 1.165) is 38.2 Å². The average molecular weight is 337 g/mol. The van der Waals surface area contributed by atoms with Crippen molar-refractivity contribution in [3.8, 4) is 0 Å². The molecule has 1 heterocycles. The van der Waals surface area contributed by atoms with Gasteiger partial charge >= 0.3 is 0 Å². The summed E-state index contributed by atoms with van der Waals surface area (Å²) in [6, 6.07) is 10.5. The number of thioether (sulfide) groups is 1. The van der Waals surface area contributed by atoms with Crippen LogP contribution in [0.1, 0.15) is 24.8 Å². The molecule has 2 N–H and O–H groups in total. The van der Waals surface area contributed by atoms with Gasteiger partial charge in [0.1, 0.15) is 0 Å². The summed E-state index contributed by atoms with van der Waals surface area (Å²) in [5.41, 5.74) is 1.29. The highest BCUT2D eigenvalue weighted by atomic mass is 32.2. The van der Waals surface area contributed by atoms with Gasteiger partial charge in [-0.3, -0.25) is 9.69 Å². The summed E-state index contributed by atoms with van der Waals surface area (Å²) in [6.07, 6.45) is 4.48. The number of amides is 1. The largest absolute Gasteiger partial charge is 0.396 e. The van der Waals surface area contributed by atoms with Crippen molar-refractivity contribution in [3.05, 3.63) is 35.9 Å². The summed E-state index contributed by atoms with van der Waals surface area (Å²) < 4.78 is 0. The van der Waals surface area contributed by atoms with Gasteiger partial charge < -0.3 is 10.4 Å². The van der Waals surface area contributed by atoms with Crippen molar-refractivity contribution in [2.24, 2.45) is 5.92 Å². The SMILES string of the molecule is CSCCCC(=O)NC1CN(Cc2ccccc2)CCC1CO. The fourth-order valence-corrected chi connectivity index (χ4v) is 3.52. The lowest BCUT2D eigenvalue weighted by Gasteiger charge is -2.38. The van der Waals surface area contributed by atoms with Gasteiger partial charge in [-0.25, -0.2) is 0 Å². The fraction of sp³-hybridized carbons (Fsp3) is 0.611. The van der Waals surface area contributed by atoms with Crippen LogP contribution in [0.4, 0.5) is 0 Å². The average Bonchev–Trinajstić information content (AvgIpc) is 2.56. The molecule has 1 aromatic rings. The Kier molecular flexibility index (Phi) is 7.92. The van der Waals surface area contributed by atoms with Crippen LogP contribution in [0.3, 0.4) is 0 Å². The molecule has 1 fully saturated rings. The topological polar surface area (TPSA) is 52.6 Å². The Morgan fingerprint density at radius 2 is 2.17 bits per heavy atom. The van der Waals surface area contributed by atoms with E-state index in [4.69, 9.17) is 0 Å². The number of likely N-dealkylation sites (tertiary alicyclic amines) is 1. The number of rotatable bonds is 8. The van der Waals surface area contributed by atoms with Crippen LogP contribution in [0, 0.1) is 5.92 Å².